The topological polar surface area (TPSA) is 20.2 Å². The monoisotopic (exact) mass is 262 g/mol. The summed E-state index contributed by atoms with van der Waals surface area (Å²) in [5, 5.41) is 10.9. The summed E-state index contributed by atoms with van der Waals surface area (Å²) in [4.78, 5) is 2.25. The molecule has 0 saturated carbocycles. The van der Waals surface area contributed by atoms with E-state index in [0.29, 0.717) is 11.4 Å². The van der Waals surface area contributed by atoms with Crippen molar-refractivity contribution in [1.29, 1.82) is 0 Å². The van der Waals surface area contributed by atoms with Gasteiger partial charge >= 0.3 is 0 Å². The number of hydrogen-bond acceptors (Lipinski definition) is 2. The fourth-order valence-electron chi connectivity index (χ4n) is 2.08. The summed E-state index contributed by atoms with van der Waals surface area (Å²) in [7, 11) is 0. The third-order valence-corrected chi connectivity index (χ3v) is 4.37. The molecule has 0 fully saturated rings. The van der Waals surface area contributed by atoms with Crippen molar-refractivity contribution in [3.8, 4) is 0 Å². The Balaban J connectivity index is 2.15. The first-order chi connectivity index (χ1) is 8.24. The van der Waals surface area contributed by atoms with E-state index in [9.17, 15) is 5.11 Å². The van der Waals surface area contributed by atoms with Crippen molar-refractivity contribution in [3.05, 3.63) is 58.6 Å². The average molecular weight is 263 g/mol. The molecule has 1 aliphatic heterocycles. The molecule has 1 aliphatic rings. The smallest absolute Gasteiger partial charge is 0.0841 e. The Morgan fingerprint density at radius 1 is 1.12 bits per heavy atom. The molecular weight excluding hydrogens is 252 g/mol. The van der Waals surface area contributed by atoms with Gasteiger partial charge in [0, 0.05) is 21.2 Å². The number of halogens is 1. The summed E-state index contributed by atoms with van der Waals surface area (Å²) in [6.07, 6.45) is 0.219. The van der Waals surface area contributed by atoms with Crippen LogP contribution in [0.2, 0.25) is 5.02 Å². The van der Waals surface area contributed by atoms with Crippen LogP contribution < -0.4 is 0 Å². The van der Waals surface area contributed by atoms with Gasteiger partial charge in [-0.2, -0.15) is 0 Å². The van der Waals surface area contributed by atoms with Crippen LogP contribution in [0.3, 0.4) is 0 Å². The summed E-state index contributed by atoms with van der Waals surface area (Å²) in [6, 6.07) is 13.9. The van der Waals surface area contributed by atoms with Crippen molar-refractivity contribution in [2.24, 2.45) is 0 Å². The highest BCUT2D eigenvalue weighted by Crippen LogP contribution is 2.41. The highest BCUT2D eigenvalue weighted by molar-refractivity contribution is 7.99. The maximum Gasteiger partial charge on any atom is 0.0841 e. The van der Waals surface area contributed by atoms with Gasteiger partial charge in [0.25, 0.3) is 0 Å². The maximum absolute atomic E-state index is 10.2. The van der Waals surface area contributed by atoms with E-state index in [1.54, 1.807) is 11.8 Å². The zero-order chi connectivity index (χ0) is 11.8. The van der Waals surface area contributed by atoms with Crippen LogP contribution in [-0.2, 0) is 6.42 Å². The predicted molar refractivity (Wildman–Crippen MR) is 70.7 cm³/mol. The quantitative estimate of drug-likeness (QED) is 0.772. The number of hydrogen-bond donors (Lipinski definition) is 1. The van der Waals surface area contributed by atoms with Crippen molar-refractivity contribution < 1.29 is 5.11 Å². The molecule has 0 aliphatic carbocycles. The van der Waals surface area contributed by atoms with Crippen LogP contribution in [0.5, 0.6) is 0 Å². The van der Waals surface area contributed by atoms with Crippen LogP contribution in [0.1, 0.15) is 17.2 Å². The molecule has 3 rings (SSSR count). The van der Waals surface area contributed by atoms with Crippen molar-refractivity contribution >= 4 is 23.4 Å². The summed E-state index contributed by atoms with van der Waals surface area (Å²) in [5.41, 5.74) is 2.16. The fourth-order valence-corrected chi connectivity index (χ4v) is 3.49. The standard InChI is InChI=1S/C14H11ClOS/c15-10-5-6-11-12(16)7-9-3-1-2-4-13(9)17-14(11)8-10/h1-6,8,12,16H,7H2. The molecule has 0 bridgehead atoms. The first-order valence-corrected chi connectivity index (χ1v) is 6.67. The normalized spacial score (nSPS) is 18.1. The Morgan fingerprint density at radius 2 is 1.94 bits per heavy atom. The Bertz CT molecular complexity index is 568. The van der Waals surface area contributed by atoms with Crippen molar-refractivity contribution in [3.63, 3.8) is 0 Å². The van der Waals surface area contributed by atoms with Crippen molar-refractivity contribution in [2.45, 2.75) is 22.3 Å². The molecule has 2 aromatic rings. The Kier molecular flexibility index (Phi) is 2.87. The van der Waals surface area contributed by atoms with E-state index in [1.807, 2.05) is 30.3 Å². The molecule has 1 nitrogen and oxygen atoms in total. The third-order valence-electron chi connectivity index (χ3n) is 2.94. The zero-order valence-corrected chi connectivity index (χ0v) is 10.6. The minimum Gasteiger partial charge on any atom is -0.388 e. The van der Waals surface area contributed by atoms with E-state index in [0.717, 1.165) is 10.5 Å². The van der Waals surface area contributed by atoms with Gasteiger partial charge in [0.1, 0.15) is 0 Å². The molecular formula is C14H11ClOS. The van der Waals surface area contributed by atoms with E-state index >= 15 is 0 Å². The van der Waals surface area contributed by atoms with Crippen LogP contribution in [0, 0.1) is 0 Å². The molecule has 1 atom stereocenters. The van der Waals surface area contributed by atoms with E-state index in [4.69, 9.17) is 11.6 Å². The minimum atomic E-state index is -0.446. The Labute approximate surface area is 109 Å². The Hall–Kier alpha value is -0.960. The molecule has 17 heavy (non-hydrogen) atoms. The van der Waals surface area contributed by atoms with Crippen LogP contribution in [0.4, 0.5) is 0 Å². The molecule has 1 N–H and O–H groups in total. The fraction of sp³-hybridized carbons (Fsp3) is 0.143. The van der Waals surface area contributed by atoms with Gasteiger partial charge in [-0.25, -0.2) is 0 Å². The second-order valence-electron chi connectivity index (χ2n) is 4.11. The number of rotatable bonds is 0. The molecule has 0 radical (unpaired) electrons. The molecule has 0 saturated heterocycles. The lowest BCUT2D eigenvalue weighted by Gasteiger charge is -2.10. The van der Waals surface area contributed by atoms with Crippen LogP contribution in [0.15, 0.2) is 52.3 Å². The highest BCUT2D eigenvalue weighted by Gasteiger charge is 2.20. The summed E-state index contributed by atoms with van der Waals surface area (Å²) >= 11 is 7.69. The van der Waals surface area contributed by atoms with Gasteiger partial charge in [0.2, 0.25) is 0 Å². The molecule has 2 aromatic carbocycles. The summed E-state index contributed by atoms with van der Waals surface area (Å²) in [5.74, 6) is 0. The molecule has 1 heterocycles. The number of aliphatic hydroxyl groups is 1. The third kappa shape index (κ3) is 2.08. The number of aliphatic hydroxyl groups excluding tert-OH is 1. The summed E-state index contributed by atoms with van der Waals surface area (Å²) in [6.45, 7) is 0. The van der Waals surface area contributed by atoms with E-state index in [-0.39, 0.29) is 0 Å². The van der Waals surface area contributed by atoms with Gasteiger partial charge in [0.15, 0.2) is 0 Å². The molecule has 3 heteroatoms. The van der Waals surface area contributed by atoms with Crippen molar-refractivity contribution in [1.82, 2.24) is 0 Å². The van der Waals surface area contributed by atoms with Crippen LogP contribution >= 0.6 is 23.4 Å². The Morgan fingerprint density at radius 3 is 2.82 bits per heavy atom. The van der Waals surface area contributed by atoms with Gasteiger partial charge in [-0.3, -0.25) is 0 Å². The second kappa shape index (κ2) is 4.37. The van der Waals surface area contributed by atoms with Gasteiger partial charge < -0.3 is 5.11 Å². The SMILES string of the molecule is OC1Cc2ccccc2Sc2cc(Cl)ccc21. The highest BCUT2D eigenvalue weighted by atomic mass is 35.5. The predicted octanol–water partition coefficient (Wildman–Crippen LogP) is 4.08. The first kappa shape index (κ1) is 11.1. The van der Waals surface area contributed by atoms with E-state index < -0.39 is 6.10 Å². The lowest BCUT2D eigenvalue weighted by molar-refractivity contribution is 0.175. The van der Waals surface area contributed by atoms with Crippen LogP contribution in [-0.4, -0.2) is 5.11 Å². The lowest BCUT2D eigenvalue weighted by Crippen LogP contribution is -2.01. The zero-order valence-electron chi connectivity index (χ0n) is 9.06. The molecule has 1 unspecified atom stereocenters. The van der Waals surface area contributed by atoms with Gasteiger partial charge in [-0.15, -0.1) is 0 Å². The van der Waals surface area contributed by atoms with E-state index in [2.05, 4.69) is 12.1 Å². The van der Waals surface area contributed by atoms with E-state index in [1.165, 1.54) is 10.5 Å². The number of benzene rings is 2. The second-order valence-corrected chi connectivity index (χ2v) is 5.63. The van der Waals surface area contributed by atoms with Crippen LogP contribution in [0.25, 0.3) is 0 Å². The average Bonchev–Trinajstić information content (AvgIpc) is 2.44. The molecule has 0 aromatic heterocycles. The molecule has 0 spiro atoms. The minimum absolute atomic E-state index is 0.446. The van der Waals surface area contributed by atoms with Gasteiger partial charge in [-0.05, 0) is 29.3 Å². The first-order valence-electron chi connectivity index (χ1n) is 5.47. The van der Waals surface area contributed by atoms with Crippen molar-refractivity contribution in [2.75, 3.05) is 0 Å². The largest absolute Gasteiger partial charge is 0.388 e. The maximum atomic E-state index is 10.2. The number of fused-ring (bicyclic) bond motifs is 2. The lowest BCUT2D eigenvalue weighted by atomic mass is 10.0. The molecule has 86 valence electrons. The summed E-state index contributed by atoms with van der Waals surface area (Å²) < 4.78 is 0. The van der Waals surface area contributed by atoms with Gasteiger partial charge in [-0.1, -0.05) is 47.6 Å². The molecule has 0 amide bonds. The van der Waals surface area contributed by atoms with Gasteiger partial charge in [0.05, 0.1) is 6.10 Å².